The van der Waals surface area contributed by atoms with Crippen molar-refractivity contribution in [2.45, 2.75) is 0 Å². The maximum Gasteiger partial charge on any atom is 0.221 e. The molecule has 0 amide bonds. The molecule has 0 aliphatic carbocycles. The molecule has 2 aromatic carbocycles. The molecule has 0 saturated carbocycles. The molecular weight excluding hydrogens is 466 g/mol. The van der Waals surface area contributed by atoms with E-state index in [1.165, 1.54) is 6.08 Å². The lowest BCUT2D eigenvalue weighted by Gasteiger charge is -2.02. The fraction of sp³-hybridized carbons (Fsp3) is 0. The Balaban J connectivity index is 1.52. The van der Waals surface area contributed by atoms with E-state index in [0.29, 0.717) is 42.9 Å². The van der Waals surface area contributed by atoms with Crippen molar-refractivity contribution in [3.05, 3.63) is 98.4 Å². The van der Waals surface area contributed by atoms with Crippen LogP contribution in [0.4, 0.5) is 0 Å². The molecule has 4 rings (SSSR count). The highest BCUT2D eigenvalue weighted by Gasteiger charge is 2.14. The van der Waals surface area contributed by atoms with Gasteiger partial charge in [0.25, 0.3) is 0 Å². The minimum absolute atomic E-state index is 0.172. The SMILES string of the molecule is O=C(/C=C/c1ccc(-c2cc(Cl)cc(Cl)c2)o1)c1ccc(-c2cccc(Cl)c2Cl)o1. The van der Waals surface area contributed by atoms with Gasteiger partial charge in [-0.05, 0) is 66.7 Å². The average molecular weight is 478 g/mol. The standard InChI is InChI=1S/C23H12Cl4O3/c24-14-10-13(11-15(25)12-14)20-7-5-16(29-20)4-6-19(28)22-9-8-21(30-22)17-2-1-3-18(26)23(17)27/h1-12H/b6-4+. The largest absolute Gasteiger partial charge is 0.457 e. The molecule has 4 aromatic rings. The van der Waals surface area contributed by atoms with Gasteiger partial charge in [0.2, 0.25) is 5.78 Å². The van der Waals surface area contributed by atoms with E-state index < -0.39 is 0 Å². The normalized spacial score (nSPS) is 11.3. The third kappa shape index (κ3) is 4.50. The summed E-state index contributed by atoms with van der Waals surface area (Å²) >= 11 is 24.3. The summed E-state index contributed by atoms with van der Waals surface area (Å²) in [6.45, 7) is 0. The summed E-state index contributed by atoms with van der Waals surface area (Å²) < 4.78 is 11.4. The molecule has 7 heteroatoms. The molecule has 3 nitrogen and oxygen atoms in total. The van der Waals surface area contributed by atoms with Crippen LogP contribution in [0.25, 0.3) is 28.7 Å². The van der Waals surface area contributed by atoms with E-state index in [4.69, 9.17) is 55.2 Å². The van der Waals surface area contributed by atoms with Crippen LogP contribution < -0.4 is 0 Å². The number of halogens is 4. The van der Waals surface area contributed by atoms with Crippen LogP contribution in [0.1, 0.15) is 16.3 Å². The molecule has 0 fully saturated rings. The van der Waals surface area contributed by atoms with Crippen molar-refractivity contribution in [3.63, 3.8) is 0 Å². The molecular formula is C23H12Cl4O3. The first-order valence-corrected chi connectivity index (χ1v) is 10.2. The quantitative estimate of drug-likeness (QED) is 0.213. The molecule has 0 radical (unpaired) electrons. The predicted molar refractivity (Wildman–Crippen MR) is 122 cm³/mol. The van der Waals surface area contributed by atoms with Crippen LogP contribution in [-0.2, 0) is 0 Å². The number of benzene rings is 2. The van der Waals surface area contributed by atoms with Gasteiger partial charge in [0, 0.05) is 21.2 Å². The molecule has 150 valence electrons. The molecule has 0 atom stereocenters. The minimum Gasteiger partial charge on any atom is -0.457 e. The highest BCUT2D eigenvalue weighted by atomic mass is 35.5. The second kappa shape index (κ2) is 8.75. The Morgan fingerprint density at radius 1 is 0.800 bits per heavy atom. The van der Waals surface area contributed by atoms with Crippen molar-refractivity contribution in [1.82, 2.24) is 0 Å². The summed E-state index contributed by atoms with van der Waals surface area (Å²) in [5.41, 5.74) is 1.36. The van der Waals surface area contributed by atoms with Crippen molar-refractivity contribution < 1.29 is 13.6 Å². The first kappa shape index (κ1) is 20.8. The van der Waals surface area contributed by atoms with Gasteiger partial charge in [-0.25, -0.2) is 0 Å². The zero-order valence-electron chi connectivity index (χ0n) is 15.2. The number of furan rings is 2. The van der Waals surface area contributed by atoms with E-state index in [-0.39, 0.29) is 11.5 Å². The van der Waals surface area contributed by atoms with E-state index in [1.807, 2.05) is 0 Å². The van der Waals surface area contributed by atoms with Crippen molar-refractivity contribution in [1.29, 1.82) is 0 Å². The topological polar surface area (TPSA) is 43.4 Å². The van der Waals surface area contributed by atoms with E-state index in [9.17, 15) is 4.79 Å². The highest BCUT2D eigenvalue weighted by Crippen LogP contribution is 2.34. The smallest absolute Gasteiger partial charge is 0.221 e. The second-order valence-corrected chi connectivity index (χ2v) is 7.98. The molecule has 0 bridgehead atoms. The molecule has 30 heavy (non-hydrogen) atoms. The Kier molecular flexibility index (Phi) is 6.07. The first-order valence-electron chi connectivity index (χ1n) is 8.73. The number of hydrogen-bond donors (Lipinski definition) is 0. The van der Waals surface area contributed by atoms with Gasteiger partial charge < -0.3 is 8.83 Å². The van der Waals surface area contributed by atoms with E-state index in [1.54, 1.807) is 66.7 Å². The van der Waals surface area contributed by atoms with Gasteiger partial charge in [-0.15, -0.1) is 0 Å². The van der Waals surface area contributed by atoms with Crippen LogP contribution in [0.2, 0.25) is 20.1 Å². The van der Waals surface area contributed by atoms with Crippen molar-refractivity contribution >= 4 is 58.3 Å². The van der Waals surface area contributed by atoms with Crippen LogP contribution in [0.3, 0.4) is 0 Å². The van der Waals surface area contributed by atoms with E-state index in [0.717, 1.165) is 5.56 Å². The lowest BCUT2D eigenvalue weighted by atomic mass is 10.2. The molecule has 0 aliphatic rings. The Hall–Kier alpha value is -2.43. The Morgan fingerprint density at radius 3 is 2.30 bits per heavy atom. The third-order valence-electron chi connectivity index (χ3n) is 4.24. The predicted octanol–water partition coefficient (Wildman–Crippen LogP) is 8.72. The Bertz CT molecular complexity index is 1250. The summed E-state index contributed by atoms with van der Waals surface area (Å²) in [5.74, 6) is 1.40. The van der Waals surface area contributed by atoms with Crippen LogP contribution in [0.5, 0.6) is 0 Å². The van der Waals surface area contributed by atoms with Crippen molar-refractivity contribution in [2.75, 3.05) is 0 Å². The lowest BCUT2D eigenvalue weighted by molar-refractivity contribution is 0.102. The maximum atomic E-state index is 12.5. The highest BCUT2D eigenvalue weighted by molar-refractivity contribution is 6.43. The Morgan fingerprint density at radius 2 is 1.53 bits per heavy atom. The second-order valence-electron chi connectivity index (χ2n) is 6.32. The average Bonchev–Trinajstić information content (AvgIpc) is 3.37. The van der Waals surface area contributed by atoms with E-state index >= 15 is 0 Å². The van der Waals surface area contributed by atoms with Gasteiger partial charge in [-0.2, -0.15) is 0 Å². The van der Waals surface area contributed by atoms with Gasteiger partial charge in [-0.1, -0.05) is 52.5 Å². The fourth-order valence-electron chi connectivity index (χ4n) is 2.84. The number of carbonyl (C=O) groups is 1. The first-order chi connectivity index (χ1) is 14.4. The molecule has 0 unspecified atom stereocenters. The zero-order valence-corrected chi connectivity index (χ0v) is 18.2. The van der Waals surface area contributed by atoms with Crippen LogP contribution in [0.15, 0.2) is 75.6 Å². The maximum absolute atomic E-state index is 12.5. The Labute approximate surface area is 192 Å². The number of hydrogen-bond acceptors (Lipinski definition) is 3. The summed E-state index contributed by atoms with van der Waals surface area (Å²) in [6, 6.07) is 17.1. The van der Waals surface area contributed by atoms with Gasteiger partial charge in [0.1, 0.15) is 17.3 Å². The monoisotopic (exact) mass is 476 g/mol. The summed E-state index contributed by atoms with van der Waals surface area (Å²) in [6.07, 6.45) is 2.93. The van der Waals surface area contributed by atoms with E-state index in [2.05, 4.69) is 0 Å². The number of rotatable bonds is 5. The van der Waals surface area contributed by atoms with Crippen LogP contribution >= 0.6 is 46.4 Å². The van der Waals surface area contributed by atoms with Crippen molar-refractivity contribution in [3.8, 4) is 22.6 Å². The molecule has 0 N–H and O–H groups in total. The minimum atomic E-state index is -0.317. The number of allylic oxidation sites excluding steroid dienone is 1. The molecule has 0 aliphatic heterocycles. The molecule has 0 saturated heterocycles. The number of ketones is 1. The van der Waals surface area contributed by atoms with Gasteiger partial charge in [0.15, 0.2) is 5.76 Å². The lowest BCUT2D eigenvalue weighted by Crippen LogP contribution is -1.90. The molecule has 2 aromatic heterocycles. The summed E-state index contributed by atoms with van der Waals surface area (Å²) in [7, 11) is 0. The van der Waals surface area contributed by atoms with Crippen LogP contribution in [-0.4, -0.2) is 5.78 Å². The van der Waals surface area contributed by atoms with Gasteiger partial charge in [-0.3, -0.25) is 4.79 Å². The fourth-order valence-corrected chi connectivity index (χ4v) is 3.76. The third-order valence-corrected chi connectivity index (χ3v) is 5.49. The zero-order chi connectivity index (χ0) is 21.3. The summed E-state index contributed by atoms with van der Waals surface area (Å²) in [5, 5.41) is 1.80. The molecule has 0 spiro atoms. The molecule has 2 heterocycles. The van der Waals surface area contributed by atoms with Crippen LogP contribution in [0, 0.1) is 0 Å². The number of carbonyl (C=O) groups excluding carboxylic acids is 1. The van der Waals surface area contributed by atoms with Gasteiger partial charge >= 0.3 is 0 Å². The van der Waals surface area contributed by atoms with Gasteiger partial charge in [0.05, 0.1) is 10.0 Å². The summed E-state index contributed by atoms with van der Waals surface area (Å²) in [4.78, 5) is 12.5. The van der Waals surface area contributed by atoms with Crippen molar-refractivity contribution in [2.24, 2.45) is 0 Å².